The summed E-state index contributed by atoms with van der Waals surface area (Å²) in [4.78, 5) is 14.5. The van der Waals surface area contributed by atoms with Crippen LogP contribution < -0.4 is 4.74 Å². The lowest BCUT2D eigenvalue weighted by molar-refractivity contribution is -0.135. The predicted molar refractivity (Wildman–Crippen MR) is 118 cm³/mol. The highest BCUT2D eigenvalue weighted by atomic mass is 35.5. The van der Waals surface area contributed by atoms with E-state index in [1.165, 1.54) is 12.1 Å². The maximum atomic E-state index is 13.2. The number of halogens is 2. The first-order valence-corrected chi connectivity index (χ1v) is 10.7. The molecule has 32 heavy (non-hydrogen) atoms. The zero-order valence-electron chi connectivity index (χ0n) is 17.4. The minimum atomic E-state index is -0.556. The number of H-pyrrole nitrogens is 1. The van der Waals surface area contributed by atoms with E-state index in [1.54, 1.807) is 47.5 Å². The third-order valence-electron chi connectivity index (χ3n) is 5.85. The molecular weight excluding hydrogens is 431 g/mol. The highest BCUT2D eigenvalue weighted by Gasteiger charge is 2.36. The Morgan fingerprint density at radius 3 is 2.62 bits per heavy atom. The third-order valence-corrected chi connectivity index (χ3v) is 6.08. The van der Waals surface area contributed by atoms with E-state index >= 15 is 0 Å². The number of aromatic nitrogens is 2. The van der Waals surface area contributed by atoms with Gasteiger partial charge in [-0.05, 0) is 61.2 Å². The molecule has 2 heterocycles. The standard InChI is InChI=1S/C24H22ClFN4O2/c25-18-3-6-22(20(13-18)21-7-10-28-29-21)32-15-23(31)30-11-8-24(16-27,9-12-30)14-17-1-4-19(26)5-2-17/h1-7,10,13H,8-9,11-12,14-15H2,(H,28,29). The number of hydrogen-bond donors (Lipinski definition) is 1. The van der Waals surface area contributed by atoms with Crippen molar-refractivity contribution in [1.82, 2.24) is 15.1 Å². The van der Waals surface area contributed by atoms with Gasteiger partial charge in [0, 0.05) is 29.9 Å². The molecule has 1 aliphatic rings. The summed E-state index contributed by atoms with van der Waals surface area (Å²) in [6.07, 6.45) is 3.30. The Balaban J connectivity index is 1.36. The Morgan fingerprint density at radius 1 is 1.22 bits per heavy atom. The van der Waals surface area contributed by atoms with Gasteiger partial charge in [-0.1, -0.05) is 23.7 Å². The molecule has 1 fully saturated rings. The molecule has 6 nitrogen and oxygen atoms in total. The topological polar surface area (TPSA) is 82.0 Å². The molecule has 164 valence electrons. The Bertz CT molecular complexity index is 1120. The monoisotopic (exact) mass is 452 g/mol. The lowest BCUT2D eigenvalue weighted by atomic mass is 9.75. The summed E-state index contributed by atoms with van der Waals surface area (Å²) in [5.41, 5.74) is 1.83. The van der Waals surface area contributed by atoms with Gasteiger partial charge in [0.15, 0.2) is 6.61 Å². The number of benzene rings is 2. The van der Waals surface area contributed by atoms with E-state index < -0.39 is 5.41 Å². The smallest absolute Gasteiger partial charge is 0.260 e. The predicted octanol–water partition coefficient (Wildman–Crippen LogP) is 4.62. The third kappa shape index (κ3) is 4.92. The largest absolute Gasteiger partial charge is 0.483 e. The quantitative estimate of drug-likeness (QED) is 0.591. The van der Waals surface area contributed by atoms with Crippen LogP contribution in [0.2, 0.25) is 5.02 Å². The molecule has 2 aromatic carbocycles. The van der Waals surface area contributed by atoms with Crippen LogP contribution >= 0.6 is 11.6 Å². The van der Waals surface area contributed by atoms with Crippen LogP contribution in [0.15, 0.2) is 54.7 Å². The number of carbonyl (C=O) groups excluding carboxylic acids is 1. The summed E-state index contributed by atoms with van der Waals surface area (Å²) in [6, 6.07) is 15.7. The van der Waals surface area contributed by atoms with Crippen LogP contribution in [-0.2, 0) is 11.2 Å². The number of carbonyl (C=O) groups is 1. The molecule has 1 saturated heterocycles. The fourth-order valence-electron chi connectivity index (χ4n) is 3.98. The first-order valence-electron chi connectivity index (χ1n) is 10.3. The summed E-state index contributed by atoms with van der Waals surface area (Å²) in [6.45, 7) is 0.843. The minimum absolute atomic E-state index is 0.111. The second kappa shape index (κ2) is 9.41. The van der Waals surface area contributed by atoms with E-state index in [-0.39, 0.29) is 18.3 Å². The molecule has 0 spiro atoms. The Labute approximate surface area is 190 Å². The fourth-order valence-corrected chi connectivity index (χ4v) is 4.15. The van der Waals surface area contributed by atoms with Gasteiger partial charge in [-0.3, -0.25) is 9.89 Å². The molecule has 0 aliphatic carbocycles. The van der Waals surface area contributed by atoms with Gasteiger partial charge in [-0.25, -0.2) is 4.39 Å². The van der Waals surface area contributed by atoms with Crippen molar-refractivity contribution in [3.05, 3.63) is 71.1 Å². The van der Waals surface area contributed by atoms with Crippen LogP contribution in [0, 0.1) is 22.6 Å². The Kier molecular flexibility index (Phi) is 6.42. The highest BCUT2D eigenvalue weighted by molar-refractivity contribution is 6.30. The van der Waals surface area contributed by atoms with Gasteiger partial charge in [0.25, 0.3) is 5.91 Å². The molecule has 1 aromatic heterocycles. The second-order valence-electron chi connectivity index (χ2n) is 7.98. The SMILES string of the molecule is N#CC1(Cc2ccc(F)cc2)CCN(C(=O)COc2ccc(Cl)cc2-c2ccn[nH]2)CC1. The molecule has 1 aliphatic heterocycles. The van der Waals surface area contributed by atoms with Gasteiger partial charge in [-0.2, -0.15) is 10.4 Å². The van der Waals surface area contributed by atoms with Crippen LogP contribution in [0.4, 0.5) is 4.39 Å². The van der Waals surface area contributed by atoms with Crippen molar-refractivity contribution in [3.8, 4) is 23.1 Å². The number of likely N-dealkylation sites (tertiary alicyclic amines) is 1. The summed E-state index contributed by atoms with van der Waals surface area (Å²) in [5, 5.41) is 17.2. The molecule has 3 aromatic rings. The lowest BCUT2D eigenvalue weighted by Crippen LogP contribution is -2.45. The van der Waals surface area contributed by atoms with E-state index in [0.717, 1.165) is 16.8 Å². The van der Waals surface area contributed by atoms with Gasteiger partial charge in [0.1, 0.15) is 11.6 Å². The zero-order valence-corrected chi connectivity index (χ0v) is 18.1. The second-order valence-corrected chi connectivity index (χ2v) is 8.41. The first-order chi connectivity index (χ1) is 15.5. The summed E-state index contributed by atoms with van der Waals surface area (Å²) in [5.74, 6) is 0.104. The molecule has 0 bridgehead atoms. The number of nitrogens with one attached hydrogen (secondary N) is 1. The summed E-state index contributed by atoms with van der Waals surface area (Å²) in [7, 11) is 0. The molecule has 1 amide bonds. The zero-order chi connectivity index (χ0) is 22.6. The van der Waals surface area contributed by atoms with E-state index in [2.05, 4.69) is 16.3 Å². The lowest BCUT2D eigenvalue weighted by Gasteiger charge is -2.37. The van der Waals surface area contributed by atoms with Crippen molar-refractivity contribution in [2.75, 3.05) is 19.7 Å². The van der Waals surface area contributed by atoms with Crippen LogP contribution in [0.3, 0.4) is 0 Å². The van der Waals surface area contributed by atoms with Crippen molar-refractivity contribution < 1.29 is 13.9 Å². The number of hydrogen-bond acceptors (Lipinski definition) is 4. The molecular formula is C24H22ClFN4O2. The van der Waals surface area contributed by atoms with Crippen LogP contribution in [0.25, 0.3) is 11.3 Å². The number of amides is 1. The Morgan fingerprint density at radius 2 is 1.97 bits per heavy atom. The van der Waals surface area contributed by atoms with Crippen molar-refractivity contribution in [3.63, 3.8) is 0 Å². The molecule has 0 atom stereocenters. The molecule has 0 unspecified atom stereocenters. The average molecular weight is 453 g/mol. The molecule has 4 rings (SSSR count). The average Bonchev–Trinajstić information content (AvgIpc) is 3.35. The van der Waals surface area contributed by atoms with Crippen LogP contribution in [-0.4, -0.2) is 40.7 Å². The van der Waals surface area contributed by atoms with Gasteiger partial charge in [-0.15, -0.1) is 0 Å². The Hall–Kier alpha value is -3.37. The van der Waals surface area contributed by atoms with E-state index in [1.807, 2.05) is 0 Å². The molecule has 0 saturated carbocycles. The molecule has 0 radical (unpaired) electrons. The van der Waals surface area contributed by atoms with Crippen molar-refractivity contribution in [2.24, 2.45) is 5.41 Å². The number of nitriles is 1. The van der Waals surface area contributed by atoms with Gasteiger partial charge < -0.3 is 9.64 Å². The van der Waals surface area contributed by atoms with Gasteiger partial charge in [0.05, 0.1) is 17.2 Å². The number of piperidine rings is 1. The number of nitrogens with zero attached hydrogens (tertiary/aromatic N) is 3. The van der Waals surface area contributed by atoms with Crippen molar-refractivity contribution >= 4 is 17.5 Å². The number of aromatic amines is 1. The fraction of sp³-hybridized carbons (Fsp3) is 0.292. The normalized spacial score (nSPS) is 15.2. The summed E-state index contributed by atoms with van der Waals surface area (Å²) < 4.78 is 19.0. The van der Waals surface area contributed by atoms with E-state index in [0.29, 0.717) is 43.1 Å². The molecule has 1 N–H and O–H groups in total. The van der Waals surface area contributed by atoms with Crippen LogP contribution in [0.5, 0.6) is 5.75 Å². The molecule has 8 heteroatoms. The van der Waals surface area contributed by atoms with Crippen molar-refractivity contribution in [2.45, 2.75) is 19.3 Å². The van der Waals surface area contributed by atoms with Gasteiger partial charge >= 0.3 is 0 Å². The maximum Gasteiger partial charge on any atom is 0.260 e. The first kappa shape index (κ1) is 21.8. The number of rotatable bonds is 6. The highest BCUT2D eigenvalue weighted by Crippen LogP contribution is 2.35. The minimum Gasteiger partial charge on any atom is -0.483 e. The van der Waals surface area contributed by atoms with Gasteiger partial charge in [0.2, 0.25) is 0 Å². The van der Waals surface area contributed by atoms with E-state index in [9.17, 15) is 14.4 Å². The summed E-state index contributed by atoms with van der Waals surface area (Å²) >= 11 is 6.11. The number of ether oxygens (including phenoxy) is 1. The van der Waals surface area contributed by atoms with Crippen LogP contribution in [0.1, 0.15) is 18.4 Å². The maximum absolute atomic E-state index is 13.2. The van der Waals surface area contributed by atoms with E-state index in [4.69, 9.17) is 16.3 Å². The van der Waals surface area contributed by atoms with Crippen molar-refractivity contribution in [1.29, 1.82) is 5.26 Å².